The Balaban J connectivity index is 2.44. The van der Waals surface area contributed by atoms with E-state index in [-0.39, 0.29) is 4.83 Å². The predicted molar refractivity (Wildman–Crippen MR) is 81.9 cm³/mol. The quantitative estimate of drug-likeness (QED) is 0.655. The first kappa shape index (κ1) is 14.8. The SMILES string of the molecule is CCc1occc1C(Br)c1cc(Cl)c(OC)cc1Cl. The van der Waals surface area contributed by atoms with Crippen LogP contribution in [0.2, 0.25) is 10.0 Å². The molecule has 0 aliphatic carbocycles. The highest BCUT2D eigenvalue weighted by molar-refractivity contribution is 9.09. The smallest absolute Gasteiger partial charge is 0.138 e. The van der Waals surface area contributed by atoms with Crippen LogP contribution in [0.4, 0.5) is 0 Å². The molecule has 1 aromatic heterocycles. The van der Waals surface area contributed by atoms with Gasteiger partial charge in [0.05, 0.1) is 23.2 Å². The number of ether oxygens (including phenoxy) is 1. The van der Waals surface area contributed by atoms with Crippen molar-refractivity contribution in [3.05, 3.63) is 51.4 Å². The Hall–Kier alpha value is -0.640. The van der Waals surface area contributed by atoms with Crippen LogP contribution in [0.5, 0.6) is 5.75 Å². The van der Waals surface area contributed by atoms with E-state index in [1.165, 1.54) is 0 Å². The molecule has 1 atom stereocenters. The van der Waals surface area contributed by atoms with Gasteiger partial charge < -0.3 is 9.15 Å². The number of furan rings is 1. The van der Waals surface area contributed by atoms with Crippen molar-refractivity contribution in [1.82, 2.24) is 0 Å². The lowest BCUT2D eigenvalue weighted by atomic mass is 10.0. The normalized spacial score (nSPS) is 12.5. The lowest BCUT2D eigenvalue weighted by Gasteiger charge is -2.14. The molecule has 0 fully saturated rings. The third-order valence-electron chi connectivity index (χ3n) is 2.92. The number of halogens is 3. The van der Waals surface area contributed by atoms with Crippen molar-refractivity contribution in [2.24, 2.45) is 0 Å². The molecule has 1 unspecified atom stereocenters. The predicted octanol–water partition coefficient (Wildman–Crippen LogP) is 5.64. The number of alkyl halides is 1. The molecule has 2 rings (SSSR count). The first-order valence-electron chi connectivity index (χ1n) is 5.81. The van der Waals surface area contributed by atoms with Gasteiger partial charge in [-0.15, -0.1) is 0 Å². The highest BCUT2D eigenvalue weighted by Gasteiger charge is 2.20. The Morgan fingerprint density at radius 3 is 2.63 bits per heavy atom. The third-order valence-corrected chi connectivity index (χ3v) is 4.53. The van der Waals surface area contributed by atoms with Gasteiger partial charge in [0, 0.05) is 23.1 Å². The maximum absolute atomic E-state index is 6.29. The lowest BCUT2D eigenvalue weighted by Crippen LogP contribution is -1.97. The molecule has 0 bridgehead atoms. The molecule has 0 amide bonds. The Morgan fingerprint density at radius 2 is 2.00 bits per heavy atom. The molecule has 0 radical (unpaired) electrons. The highest BCUT2D eigenvalue weighted by atomic mass is 79.9. The molecule has 0 saturated carbocycles. The average molecular weight is 364 g/mol. The minimum Gasteiger partial charge on any atom is -0.495 e. The number of benzene rings is 1. The minimum atomic E-state index is -0.0582. The average Bonchev–Trinajstić information content (AvgIpc) is 2.88. The fraction of sp³-hybridized carbons (Fsp3) is 0.286. The number of aryl methyl sites for hydroxylation is 1. The van der Waals surface area contributed by atoms with E-state index in [2.05, 4.69) is 15.9 Å². The Labute approximate surface area is 130 Å². The van der Waals surface area contributed by atoms with Crippen molar-refractivity contribution in [2.45, 2.75) is 18.2 Å². The molecule has 2 nitrogen and oxygen atoms in total. The van der Waals surface area contributed by atoms with E-state index in [0.29, 0.717) is 15.8 Å². The van der Waals surface area contributed by atoms with Crippen LogP contribution < -0.4 is 4.74 Å². The van der Waals surface area contributed by atoms with Gasteiger partial charge in [-0.25, -0.2) is 0 Å². The van der Waals surface area contributed by atoms with Gasteiger partial charge in [-0.3, -0.25) is 0 Å². The van der Waals surface area contributed by atoms with E-state index in [1.807, 2.05) is 19.1 Å². The topological polar surface area (TPSA) is 22.4 Å². The van der Waals surface area contributed by atoms with Crippen molar-refractivity contribution in [1.29, 1.82) is 0 Å². The van der Waals surface area contributed by atoms with E-state index in [1.54, 1.807) is 19.4 Å². The first-order chi connectivity index (χ1) is 9.08. The summed E-state index contributed by atoms with van der Waals surface area (Å²) in [6.45, 7) is 2.05. The van der Waals surface area contributed by atoms with Gasteiger partial charge >= 0.3 is 0 Å². The van der Waals surface area contributed by atoms with Gasteiger partial charge in [0.15, 0.2) is 0 Å². The first-order valence-corrected chi connectivity index (χ1v) is 7.48. The van der Waals surface area contributed by atoms with Crippen LogP contribution in [-0.2, 0) is 6.42 Å². The lowest BCUT2D eigenvalue weighted by molar-refractivity contribution is 0.415. The van der Waals surface area contributed by atoms with Crippen LogP contribution in [0.25, 0.3) is 0 Å². The van der Waals surface area contributed by atoms with Crippen molar-refractivity contribution < 1.29 is 9.15 Å². The van der Waals surface area contributed by atoms with Crippen LogP contribution in [0.1, 0.15) is 28.6 Å². The van der Waals surface area contributed by atoms with Crippen LogP contribution in [-0.4, -0.2) is 7.11 Å². The maximum Gasteiger partial charge on any atom is 0.138 e. The fourth-order valence-electron chi connectivity index (χ4n) is 1.93. The van der Waals surface area contributed by atoms with Crippen LogP contribution in [0, 0.1) is 0 Å². The van der Waals surface area contributed by atoms with Gasteiger partial charge in [-0.2, -0.15) is 0 Å². The molecule has 0 aliphatic rings. The largest absolute Gasteiger partial charge is 0.495 e. The Bertz CT molecular complexity index is 581. The van der Waals surface area contributed by atoms with E-state index < -0.39 is 0 Å². The van der Waals surface area contributed by atoms with E-state index in [4.69, 9.17) is 32.4 Å². The number of methoxy groups -OCH3 is 1. The molecular formula is C14H13BrCl2O2. The second-order valence-electron chi connectivity index (χ2n) is 4.02. The number of hydrogen-bond acceptors (Lipinski definition) is 2. The molecule has 2 aromatic rings. The summed E-state index contributed by atoms with van der Waals surface area (Å²) in [5, 5.41) is 1.14. The molecule has 0 saturated heterocycles. The summed E-state index contributed by atoms with van der Waals surface area (Å²) < 4.78 is 10.6. The monoisotopic (exact) mass is 362 g/mol. The van der Waals surface area contributed by atoms with Gasteiger partial charge in [0.25, 0.3) is 0 Å². The van der Waals surface area contributed by atoms with Gasteiger partial charge in [0.1, 0.15) is 11.5 Å². The molecule has 0 aliphatic heterocycles. The second-order valence-corrected chi connectivity index (χ2v) is 5.75. The van der Waals surface area contributed by atoms with Crippen molar-refractivity contribution in [3.8, 4) is 5.75 Å². The summed E-state index contributed by atoms with van der Waals surface area (Å²) in [7, 11) is 1.56. The Kier molecular flexibility index (Phi) is 4.82. The molecule has 5 heteroatoms. The van der Waals surface area contributed by atoms with Gasteiger partial charge in [-0.05, 0) is 17.7 Å². The molecular weight excluding hydrogens is 351 g/mol. The summed E-state index contributed by atoms with van der Waals surface area (Å²) in [4.78, 5) is -0.0582. The summed E-state index contributed by atoms with van der Waals surface area (Å²) in [6, 6.07) is 5.47. The van der Waals surface area contributed by atoms with Gasteiger partial charge in [-0.1, -0.05) is 46.1 Å². The summed E-state index contributed by atoms with van der Waals surface area (Å²) >= 11 is 16.1. The molecule has 1 heterocycles. The van der Waals surface area contributed by atoms with Crippen LogP contribution in [0.3, 0.4) is 0 Å². The van der Waals surface area contributed by atoms with Crippen LogP contribution >= 0.6 is 39.1 Å². The molecule has 1 aromatic carbocycles. The molecule has 19 heavy (non-hydrogen) atoms. The number of hydrogen-bond donors (Lipinski definition) is 0. The zero-order valence-corrected chi connectivity index (χ0v) is 13.6. The third kappa shape index (κ3) is 2.93. The second kappa shape index (κ2) is 6.21. The summed E-state index contributed by atoms with van der Waals surface area (Å²) in [6.07, 6.45) is 2.51. The maximum atomic E-state index is 6.29. The van der Waals surface area contributed by atoms with E-state index >= 15 is 0 Å². The van der Waals surface area contributed by atoms with E-state index in [9.17, 15) is 0 Å². The highest BCUT2D eigenvalue weighted by Crippen LogP contribution is 2.41. The van der Waals surface area contributed by atoms with Crippen molar-refractivity contribution in [2.75, 3.05) is 7.11 Å². The summed E-state index contributed by atoms with van der Waals surface area (Å²) in [5.41, 5.74) is 1.95. The van der Waals surface area contributed by atoms with Crippen LogP contribution in [0.15, 0.2) is 28.9 Å². The summed E-state index contributed by atoms with van der Waals surface area (Å²) in [5.74, 6) is 1.50. The van der Waals surface area contributed by atoms with Gasteiger partial charge in [0.2, 0.25) is 0 Å². The number of rotatable bonds is 4. The zero-order chi connectivity index (χ0) is 14.0. The fourth-order valence-corrected chi connectivity index (χ4v) is 3.36. The molecule has 0 N–H and O–H groups in total. The van der Waals surface area contributed by atoms with Crippen molar-refractivity contribution in [3.63, 3.8) is 0 Å². The Morgan fingerprint density at radius 1 is 1.26 bits per heavy atom. The minimum absolute atomic E-state index is 0.0582. The van der Waals surface area contributed by atoms with E-state index in [0.717, 1.165) is 23.3 Å². The zero-order valence-electron chi connectivity index (χ0n) is 10.5. The molecule has 102 valence electrons. The standard InChI is InChI=1S/C14H13BrCl2O2/c1-3-12-8(4-5-19-12)14(15)9-6-11(17)13(18-2)7-10(9)16/h4-7,14H,3H2,1-2H3. The van der Waals surface area contributed by atoms with Crippen molar-refractivity contribution >= 4 is 39.1 Å². The molecule has 0 spiro atoms.